The van der Waals surface area contributed by atoms with Gasteiger partial charge >= 0.3 is 0 Å². The number of amides is 1. The van der Waals surface area contributed by atoms with Crippen molar-refractivity contribution in [2.45, 2.75) is 33.6 Å². The Labute approximate surface area is 164 Å². The Kier molecular flexibility index (Phi) is 5.44. The number of ether oxygens (including phenoxy) is 1. The number of nitrogens with zero attached hydrogens (tertiary/aromatic N) is 4. The van der Waals surface area contributed by atoms with Gasteiger partial charge in [0, 0.05) is 37.8 Å². The summed E-state index contributed by atoms with van der Waals surface area (Å²) in [6.45, 7) is 7.94. The average Bonchev–Trinajstić information content (AvgIpc) is 3.14. The van der Waals surface area contributed by atoms with E-state index in [2.05, 4.69) is 15.1 Å². The second-order valence-corrected chi connectivity index (χ2v) is 7.23. The Balaban J connectivity index is 1.89. The minimum atomic E-state index is -0.174. The van der Waals surface area contributed by atoms with E-state index in [0.717, 1.165) is 22.4 Å². The maximum absolute atomic E-state index is 12.1. The number of benzene rings is 1. The fraction of sp³-hybridized carbons (Fsp3) is 0.333. The van der Waals surface area contributed by atoms with Gasteiger partial charge in [0.1, 0.15) is 17.2 Å². The molecule has 0 atom stereocenters. The van der Waals surface area contributed by atoms with Crippen LogP contribution in [0.1, 0.15) is 47.3 Å². The lowest BCUT2D eigenvalue weighted by Crippen LogP contribution is -2.22. The molecule has 0 aliphatic heterocycles. The van der Waals surface area contributed by atoms with E-state index in [1.807, 2.05) is 39.8 Å². The SMILES string of the molecule is Cc1cc(-c2noc(C(C)C)n2)cc(C)c1Oc1ccnc(C(=O)N(C)C)c1. The van der Waals surface area contributed by atoms with Gasteiger partial charge in [-0.1, -0.05) is 19.0 Å². The standard InChI is InChI=1S/C21H24N4O3/c1-12(2)20-23-19(24-28-20)15-9-13(3)18(14(4)10-15)27-16-7-8-22-17(11-16)21(26)25(5)6/h7-12H,1-6H3. The van der Waals surface area contributed by atoms with Gasteiger partial charge in [0.25, 0.3) is 5.91 Å². The van der Waals surface area contributed by atoms with Crippen LogP contribution < -0.4 is 4.74 Å². The van der Waals surface area contributed by atoms with Gasteiger partial charge in [0.15, 0.2) is 0 Å². The second-order valence-electron chi connectivity index (χ2n) is 7.23. The Bertz CT molecular complexity index is 985. The van der Waals surface area contributed by atoms with Crippen molar-refractivity contribution in [2.24, 2.45) is 0 Å². The molecule has 0 unspecified atom stereocenters. The van der Waals surface area contributed by atoms with Crippen LogP contribution in [0, 0.1) is 13.8 Å². The highest BCUT2D eigenvalue weighted by atomic mass is 16.5. The Morgan fingerprint density at radius 2 is 1.82 bits per heavy atom. The van der Waals surface area contributed by atoms with Crippen LogP contribution in [0.3, 0.4) is 0 Å². The van der Waals surface area contributed by atoms with Gasteiger partial charge in [0.05, 0.1) is 0 Å². The number of pyridine rings is 1. The summed E-state index contributed by atoms with van der Waals surface area (Å²) in [7, 11) is 3.38. The zero-order valence-electron chi connectivity index (χ0n) is 17.0. The highest BCUT2D eigenvalue weighted by Gasteiger charge is 2.16. The maximum atomic E-state index is 12.1. The molecule has 7 nitrogen and oxygen atoms in total. The smallest absolute Gasteiger partial charge is 0.272 e. The molecule has 3 aromatic rings. The van der Waals surface area contributed by atoms with Gasteiger partial charge in [-0.2, -0.15) is 4.98 Å². The quantitative estimate of drug-likeness (QED) is 0.654. The zero-order valence-corrected chi connectivity index (χ0v) is 17.0. The molecule has 28 heavy (non-hydrogen) atoms. The Morgan fingerprint density at radius 3 is 2.39 bits per heavy atom. The molecule has 0 saturated heterocycles. The zero-order chi connectivity index (χ0) is 20.4. The highest BCUT2D eigenvalue weighted by molar-refractivity contribution is 5.92. The summed E-state index contributed by atoms with van der Waals surface area (Å²) >= 11 is 0. The first kappa shape index (κ1) is 19.5. The van der Waals surface area contributed by atoms with Crippen molar-refractivity contribution in [3.8, 4) is 22.9 Å². The average molecular weight is 380 g/mol. The van der Waals surface area contributed by atoms with Gasteiger partial charge in [-0.25, -0.2) is 0 Å². The minimum Gasteiger partial charge on any atom is -0.457 e. The minimum absolute atomic E-state index is 0.174. The van der Waals surface area contributed by atoms with Crippen LogP contribution in [0.4, 0.5) is 0 Å². The highest BCUT2D eigenvalue weighted by Crippen LogP contribution is 2.33. The lowest BCUT2D eigenvalue weighted by molar-refractivity contribution is 0.0821. The van der Waals surface area contributed by atoms with Crippen molar-refractivity contribution in [3.05, 3.63) is 53.2 Å². The Morgan fingerprint density at radius 1 is 1.14 bits per heavy atom. The molecule has 1 aromatic carbocycles. The Hall–Kier alpha value is -3.22. The summed E-state index contributed by atoms with van der Waals surface area (Å²) in [5.41, 5.74) is 3.07. The molecule has 0 bridgehead atoms. The molecular weight excluding hydrogens is 356 g/mol. The fourth-order valence-corrected chi connectivity index (χ4v) is 2.77. The molecule has 2 heterocycles. The molecule has 0 aliphatic carbocycles. The predicted molar refractivity (Wildman–Crippen MR) is 106 cm³/mol. The predicted octanol–water partition coefficient (Wildman–Crippen LogP) is 4.37. The van der Waals surface area contributed by atoms with Crippen LogP contribution in [0.15, 0.2) is 35.0 Å². The summed E-state index contributed by atoms with van der Waals surface area (Å²) in [6, 6.07) is 7.30. The normalized spacial score (nSPS) is 11.0. The van der Waals surface area contributed by atoms with Gasteiger partial charge in [-0.15, -0.1) is 0 Å². The van der Waals surface area contributed by atoms with Crippen molar-refractivity contribution in [3.63, 3.8) is 0 Å². The van der Waals surface area contributed by atoms with Gasteiger partial charge in [-0.05, 0) is 43.2 Å². The van der Waals surface area contributed by atoms with E-state index in [4.69, 9.17) is 9.26 Å². The second kappa shape index (κ2) is 7.80. The number of carbonyl (C=O) groups is 1. The van der Waals surface area contributed by atoms with E-state index < -0.39 is 0 Å². The molecule has 3 rings (SSSR count). The maximum Gasteiger partial charge on any atom is 0.272 e. The summed E-state index contributed by atoms with van der Waals surface area (Å²) in [6.07, 6.45) is 1.57. The molecule has 146 valence electrons. The van der Waals surface area contributed by atoms with Crippen LogP contribution in [-0.2, 0) is 0 Å². The molecule has 0 spiro atoms. The first-order valence-corrected chi connectivity index (χ1v) is 9.07. The van der Waals surface area contributed by atoms with Crippen LogP contribution in [0.2, 0.25) is 0 Å². The van der Waals surface area contributed by atoms with Crippen LogP contribution in [-0.4, -0.2) is 40.0 Å². The molecule has 2 aromatic heterocycles. The number of rotatable bonds is 5. The van der Waals surface area contributed by atoms with E-state index in [1.54, 1.807) is 32.4 Å². The van der Waals surface area contributed by atoms with E-state index in [9.17, 15) is 4.79 Å². The summed E-state index contributed by atoms with van der Waals surface area (Å²) < 4.78 is 11.4. The van der Waals surface area contributed by atoms with Crippen LogP contribution in [0.5, 0.6) is 11.5 Å². The monoisotopic (exact) mass is 380 g/mol. The molecular formula is C21H24N4O3. The van der Waals surface area contributed by atoms with E-state index >= 15 is 0 Å². The number of carbonyl (C=O) groups excluding carboxylic acids is 1. The van der Waals surface area contributed by atoms with Crippen LogP contribution >= 0.6 is 0 Å². The van der Waals surface area contributed by atoms with Crippen LogP contribution in [0.25, 0.3) is 11.4 Å². The molecule has 0 radical (unpaired) electrons. The van der Waals surface area contributed by atoms with Crippen molar-refractivity contribution in [2.75, 3.05) is 14.1 Å². The number of aromatic nitrogens is 3. The first-order valence-electron chi connectivity index (χ1n) is 9.07. The van der Waals surface area contributed by atoms with Gasteiger partial charge < -0.3 is 14.2 Å². The molecule has 0 N–H and O–H groups in total. The van der Waals surface area contributed by atoms with E-state index in [1.165, 1.54) is 4.90 Å². The van der Waals surface area contributed by atoms with Crippen molar-refractivity contribution < 1.29 is 14.1 Å². The topological polar surface area (TPSA) is 81.4 Å². The molecule has 1 amide bonds. The third-order valence-electron chi connectivity index (χ3n) is 4.23. The third-order valence-corrected chi connectivity index (χ3v) is 4.23. The van der Waals surface area contributed by atoms with E-state index in [0.29, 0.717) is 23.2 Å². The van der Waals surface area contributed by atoms with Gasteiger partial charge in [0.2, 0.25) is 11.7 Å². The van der Waals surface area contributed by atoms with Crippen molar-refractivity contribution in [1.29, 1.82) is 0 Å². The number of hydrogen-bond acceptors (Lipinski definition) is 6. The molecule has 7 heteroatoms. The molecule has 0 fully saturated rings. The first-order chi connectivity index (χ1) is 13.3. The van der Waals surface area contributed by atoms with E-state index in [-0.39, 0.29) is 11.8 Å². The lowest BCUT2D eigenvalue weighted by Gasteiger charge is -2.14. The van der Waals surface area contributed by atoms with Gasteiger partial charge in [-0.3, -0.25) is 9.78 Å². The molecule has 0 aliphatic rings. The third kappa shape index (κ3) is 4.03. The number of aryl methyl sites for hydroxylation is 2. The van der Waals surface area contributed by atoms with Crippen molar-refractivity contribution in [1.82, 2.24) is 20.0 Å². The summed E-state index contributed by atoms with van der Waals surface area (Å²) in [5.74, 6) is 2.46. The fourth-order valence-electron chi connectivity index (χ4n) is 2.77. The lowest BCUT2D eigenvalue weighted by atomic mass is 10.1. The summed E-state index contributed by atoms with van der Waals surface area (Å²) in [5, 5.41) is 4.07. The van der Waals surface area contributed by atoms with Crippen molar-refractivity contribution >= 4 is 5.91 Å². The molecule has 0 saturated carbocycles. The summed E-state index contributed by atoms with van der Waals surface area (Å²) in [4.78, 5) is 22.2. The number of hydrogen-bond donors (Lipinski definition) is 0. The largest absolute Gasteiger partial charge is 0.457 e.